The average Bonchev–Trinajstić information content (AvgIpc) is 3.15. The van der Waals surface area contributed by atoms with Gasteiger partial charge in [-0.1, -0.05) is 0 Å². The van der Waals surface area contributed by atoms with Crippen LogP contribution >= 0.6 is 0 Å². The number of aromatic nitrogens is 4. The van der Waals surface area contributed by atoms with Gasteiger partial charge in [0.2, 0.25) is 0 Å². The molecule has 2 atom stereocenters. The first-order chi connectivity index (χ1) is 14.8. The lowest BCUT2D eigenvalue weighted by Gasteiger charge is -2.45. The molecule has 31 heavy (non-hydrogen) atoms. The van der Waals surface area contributed by atoms with Crippen LogP contribution in [0.25, 0.3) is 22.4 Å². The standard InChI is InChI=1S/C19H17F3N6O3/c20-19(21,22)10-27-18-15(7-23-27)17(26-8-14-6-5-13(26)9-31-14)24-16(25-18)11-1-3-12(4-2-11)28(29)30/h1-4,7,13-14H,5-6,8-10H2. The van der Waals surface area contributed by atoms with E-state index in [1.54, 1.807) is 0 Å². The van der Waals surface area contributed by atoms with Crippen molar-refractivity contribution in [2.75, 3.05) is 18.1 Å². The molecule has 3 aliphatic rings. The summed E-state index contributed by atoms with van der Waals surface area (Å²) in [6, 6.07) is 5.66. The number of hydrogen-bond donors (Lipinski definition) is 0. The highest BCUT2D eigenvalue weighted by Gasteiger charge is 2.37. The van der Waals surface area contributed by atoms with Crippen LogP contribution in [0.5, 0.6) is 0 Å². The van der Waals surface area contributed by atoms with Crippen molar-refractivity contribution in [3.63, 3.8) is 0 Å². The molecule has 0 amide bonds. The summed E-state index contributed by atoms with van der Waals surface area (Å²) >= 11 is 0. The summed E-state index contributed by atoms with van der Waals surface area (Å²) in [4.78, 5) is 21.5. The zero-order valence-electron chi connectivity index (χ0n) is 16.1. The Morgan fingerprint density at radius 3 is 2.55 bits per heavy atom. The first kappa shape index (κ1) is 19.7. The summed E-state index contributed by atoms with van der Waals surface area (Å²) in [5.41, 5.74) is 0.433. The largest absolute Gasteiger partial charge is 0.408 e. The highest BCUT2D eigenvalue weighted by atomic mass is 19.4. The molecule has 9 nitrogen and oxygen atoms in total. The Balaban J connectivity index is 1.65. The van der Waals surface area contributed by atoms with Crippen molar-refractivity contribution in [1.29, 1.82) is 0 Å². The van der Waals surface area contributed by atoms with E-state index in [2.05, 4.69) is 20.0 Å². The summed E-state index contributed by atoms with van der Waals surface area (Å²) in [5, 5.41) is 15.3. The third-order valence-electron chi connectivity index (χ3n) is 5.60. The fraction of sp³-hybridized carbons (Fsp3) is 0.421. The maximum absolute atomic E-state index is 13.1. The Labute approximate surface area is 173 Å². The monoisotopic (exact) mass is 434 g/mol. The summed E-state index contributed by atoms with van der Waals surface area (Å²) in [5.74, 6) is 0.688. The molecule has 0 aliphatic carbocycles. The van der Waals surface area contributed by atoms with Gasteiger partial charge < -0.3 is 9.64 Å². The van der Waals surface area contributed by atoms with Crippen molar-refractivity contribution in [3.8, 4) is 11.4 Å². The van der Waals surface area contributed by atoms with Crippen molar-refractivity contribution in [1.82, 2.24) is 19.7 Å². The summed E-state index contributed by atoms with van der Waals surface area (Å²) in [7, 11) is 0. The SMILES string of the molecule is O=[N+]([O-])c1ccc(-c2nc(N3CC4CCC3CO4)c3cnn(CC(F)(F)F)c3n2)cc1. The third kappa shape index (κ3) is 3.67. The molecule has 0 saturated carbocycles. The molecule has 1 aromatic carbocycles. The van der Waals surface area contributed by atoms with Gasteiger partial charge in [-0.3, -0.25) is 10.1 Å². The molecule has 3 saturated heterocycles. The number of halogens is 3. The number of morpholine rings is 1. The summed E-state index contributed by atoms with van der Waals surface area (Å²) in [6.45, 7) is -0.164. The fourth-order valence-corrected chi connectivity index (χ4v) is 4.12. The van der Waals surface area contributed by atoms with E-state index in [1.165, 1.54) is 30.5 Å². The van der Waals surface area contributed by atoms with Gasteiger partial charge >= 0.3 is 6.18 Å². The molecule has 3 aromatic rings. The van der Waals surface area contributed by atoms with Crippen molar-refractivity contribution < 1.29 is 22.8 Å². The maximum Gasteiger partial charge on any atom is 0.408 e. The first-order valence-corrected chi connectivity index (χ1v) is 9.72. The molecule has 2 aromatic heterocycles. The second kappa shape index (κ2) is 7.15. The molecule has 3 fully saturated rings. The predicted octanol–water partition coefficient (Wildman–Crippen LogP) is 3.33. The Kier molecular flexibility index (Phi) is 4.54. The van der Waals surface area contributed by atoms with E-state index in [0.717, 1.165) is 17.5 Å². The van der Waals surface area contributed by atoms with Gasteiger partial charge in [0.1, 0.15) is 12.4 Å². The van der Waals surface area contributed by atoms with Crippen molar-refractivity contribution >= 4 is 22.5 Å². The number of nitrogens with zero attached hydrogens (tertiary/aromatic N) is 6. The molecule has 5 heterocycles. The Morgan fingerprint density at radius 1 is 1.19 bits per heavy atom. The zero-order chi connectivity index (χ0) is 21.8. The van der Waals surface area contributed by atoms with Gasteiger partial charge in [0, 0.05) is 24.2 Å². The summed E-state index contributed by atoms with van der Waals surface area (Å²) in [6.07, 6.45) is -1.23. The van der Waals surface area contributed by atoms with Gasteiger partial charge in [-0.05, 0) is 25.0 Å². The van der Waals surface area contributed by atoms with Gasteiger partial charge in [0.05, 0.1) is 35.3 Å². The molecule has 0 radical (unpaired) electrons. The minimum absolute atomic E-state index is 0.0445. The van der Waals surface area contributed by atoms with Crippen LogP contribution in [0.15, 0.2) is 30.5 Å². The number of non-ortho nitro benzene ring substituents is 1. The second-order valence-electron chi connectivity index (χ2n) is 7.67. The fourth-order valence-electron chi connectivity index (χ4n) is 4.12. The molecular weight excluding hydrogens is 417 g/mol. The zero-order valence-corrected chi connectivity index (χ0v) is 16.1. The molecule has 162 valence electrons. The van der Waals surface area contributed by atoms with Gasteiger partial charge in [0.25, 0.3) is 5.69 Å². The third-order valence-corrected chi connectivity index (χ3v) is 5.60. The van der Waals surface area contributed by atoms with E-state index in [9.17, 15) is 23.3 Å². The van der Waals surface area contributed by atoms with E-state index in [1.807, 2.05) is 0 Å². The number of nitro groups is 1. The van der Waals surface area contributed by atoms with E-state index in [0.29, 0.717) is 29.9 Å². The van der Waals surface area contributed by atoms with E-state index >= 15 is 0 Å². The van der Waals surface area contributed by atoms with Gasteiger partial charge in [0.15, 0.2) is 11.5 Å². The molecular formula is C19H17F3N6O3. The lowest BCUT2D eigenvalue weighted by Crippen LogP contribution is -2.55. The van der Waals surface area contributed by atoms with Crippen LogP contribution in [-0.2, 0) is 11.3 Å². The van der Waals surface area contributed by atoms with Gasteiger partial charge in [-0.25, -0.2) is 14.6 Å². The van der Waals surface area contributed by atoms with Crippen LogP contribution in [0.1, 0.15) is 12.8 Å². The van der Waals surface area contributed by atoms with Crippen LogP contribution < -0.4 is 4.90 Å². The average molecular weight is 434 g/mol. The number of benzene rings is 1. The second-order valence-corrected chi connectivity index (χ2v) is 7.67. The van der Waals surface area contributed by atoms with Crippen LogP contribution in [0.4, 0.5) is 24.7 Å². The quantitative estimate of drug-likeness (QED) is 0.459. The van der Waals surface area contributed by atoms with Crippen LogP contribution in [-0.4, -0.2) is 56.1 Å². The van der Waals surface area contributed by atoms with Gasteiger partial charge in [-0.15, -0.1) is 0 Å². The topological polar surface area (TPSA) is 99.2 Å². The number of fused-ring (bicyclic) bond motifs is 4. The molecule has 12 heteroatoms. The normalized spacial score (nSPS) is 21.1. The van der Waals surface area contributed by atoms with Crippen LogP contribution in [0.3, 0.4) is 0 Å². The lowest BCUT2D eigenvalue weighted by molar-refractivity contribution is -0.384. The lowest BCUT2D eigenvalue weighted by atomic mass is 9.97. The number of rotatable bonds is 4. The highest BCUT2D eigenvalue weighted by molar-refractivity contribution is 5.89. The van der Waals surface area contributed by atoms with Crippen molar-refractivity contribution in [3.05, 3.63) is 40.6 Å². The number of alkyl halides is 3. The Morgan fingerprint density at radius 2 is 1.97 bits per heavy atom. The van der Waals surface area contributed by atoms with Crippen molar-refractivity contribution in [2.45, 2.75) is 37.7 Å². The molecule has 0 spiro atoms. The molecule has 3 aliphatic heterocycles. The molecule has 2 unspecified atom stereocenters. The van der Waals surface area contributed by atoms with Gasteiger partial charge in [-0.2, -0.15) is 18.3 Å². The number of anilines is 1. The van der Waals surface area contributed by atoms with E-state index in [4.69, 9.17) is 4.74 Å². The maximum atomic E-state index is 13.1. The Hall–Kier alpha value is -3.28. The minimum atomic E-state index is -4.46. The first-order valence-electron chi connectivity index (χ1n) is 9.72. The smallest absolute Gasteiger partial charge is 0.374 e. The summed E-state index contributed by atoms with van der Waals surface area (Å²) < 4.78 is 45.8. The minimum Gasteiger partial charge on any atom is -0.374 e. The number of ether oxygens (including phenoxy) is 1. The van der Waals surface area contributed by atoms with E-state index < -0.39 is 17.6 Å². The Bertz CT molecular complexity index is 1140. The van der Waals surface area contributed by atoms with Crippen molar-refractivity contribution in [2.24, 2.45) is 0 Å². The molecule has 6 rings (SSSR count). The number of nitro benzene ring substituents is 1. The molecule has 2 bridgehead atoms. The predicted molar refractivity (Wildman–Crippen MR) is 104 cm³/mol. The molecule has 0 N–H and O–H groups in total. The number of hydrogen-bond acceptors (Lipinski definition) is 7. The van der Waals surface area contributed by atoms with Crippen LogP contribution in [0, 0.1) is 10.1 Å². The highest BCUT2D eigenvalue weighted by Crippen LogP contribution is 2.35. The van der Waals surface area contributed by atoms with Crippen LogP contribution in [0.2, 0.25) is 0 Å². The number of piperidine rings is 1. The van der Waals surface area contributed by atoms with E-state index in [-0.39, 0.29) is 29.3 Å².